The number of ether oxygens (including phenoxy) is 1. The average Bonchev–Trinajstić information content (AvgIpc) is 2.40. The molecule has 0 bridgehead atoms. The van der Waals surface area contributed by atoms with Crippen LogP contribution in [0.5, 0.6) is 11.5 Å². The molecule has 4 heteroatoms. The van der Waals surface area contributed by atoms with Crippen molar-refractivity contribution in [1.29, 1.82) is 0 Å². The van der Waals surface area contributed by atoms with Crippen LogP contribution < -0.4 is 10.5 Å². The van der Waals surface area contributed by atoms with Gasteiger partial charge < -0.3 is 10.5 Å². The second-order valence-corrected chi connectivity index (χ2v) is 6.76. The molecule has 2 aromatic carbocycles. The summed E-state index contributed by atoms with van der Waals surface area (Å²) in [5, 5.41) is 0.577. The Bertz CT molecular complexity index is 677. The molecule has 110 valence electrons. The van der Waals surface area contributed by atoms with Crippen LogP contribution in [0.4, 0.5) is 0 Å². The standard InChI is InChI=1S/C17H18ClNOS/c1-17(2,3)11-5-4-6-13(9-11)20-15-8-7-12(18)10-14(15)16(19)21/h4-10H,1-3H3,(H2,19,21). The van der Waals surface area contributed by atoms with Crippen LogP contribution in [0.3, 0.4) is 0 Å². The summed E-state index contributed by atoms with van der Waals surface area (Å²) in [6, 6.07) is 13.3. The molecule has 2 N–H and O–H groups in total. The average molecular weight is 320 g/mol. The minimum atomic E-state index is 0.0609. The number of nitrogens with two attached hydrogens (primary N) is 1. The van der Waals surface area contributed by atoms with Crippen molar-refractivity contribution in [3.8, 4) is 11.5 Å². The molecule has 0 aliphatic rings. The number of thiocarbonyl (C=S) groups is 1. The Balaban J connectivity index is 2.37. The summed E-state index contributed by atoms with van der Waals surface area (Å²) < 4.78 is 5.94. The first-order valence-corrected chi connectivity index (χ1v) is 7.44. The zero-order chi connectivity index (χ0) is 15.6. The summed E-state index contributed by atoms with van der Waals surface area (Å²) in [6.07, 6.45) is 0. The van der Waals surface area contributed by atoms with Crippen LogP contribution in [0.1, 0.15) is 31.9 Å². The van der Waals surface area contributed by atoms with Gasteiger partial charge in [-0.2, -0.15) is 0 Å². The summed E-state index contributed by atoms with van der Waals surface area (Å²) >= 11 is 11.0. The van der Waals surface area contributed by atoms with Crippen molar-refractivity contribution in [2.45, 2.75) is 26.2 Å². The molecule has 0 aliphatic carbocycles. The van der Waals surface area contributed by atoms with Gasteiger partial charge in [-0.15, -0.1) is 0 Å². The van der Waals surface area contributed by atoms with E-state index in [1.807, 2.05) is 18.2 Å². The lowest BCUT2D eigenvalue weighted by molar-refractivity contribution is 0.477. The van der Waals surface area contributed by atoms with E-state index >= 15 is 0 Å². The number of hydrogen-bond acceptors (Lipinski definition) is 2. The summed E-state index contributed by atoms with van der Waals surface area (Å²) in [4.78, 5) is 0.263. The number of hydrogen-bond donors (Lipinski definition) is 1. The van der Waals surface area contributed by atoms with Crippen molar-refractivity contribution in [2.75, 3.05) is 0 Å². The predicted octanol–water partition coefficient (Wildman–Crippen LogP) is 5.06. The minimum absolute atomic E-state index is 0.0609. The molecular formula is C17H18ClNOS. The van der Waals surface area contributed by atoms with Crippen molar-refractivity contribution in [3.63, 3.8) is 0 Å². The molecule has 0 fully saturated rings. The molecule has 21 heavy (non-hydrogen) atoms. The molecule has 2 aromatic rings. The predicted molar refractivity (Wildman–Crippen MR) is 92.6 cm³/mol. The SMILES string of the molecule is CC(C)(C)c1cccc(Oc2ccc(Cl)cc2C(N)=S)c1. The van der Waals surface area contributed by atoms with Crippen molar-refractivity contribution in [1.82, 2.24) is 0 Å². The quantitative estimate of drug-likeness (QED) is 0.803. The Morgan fingerprint density at radius 2 is 1.86 bits per heavy atom. The van der Waals surface area contributed by atoms with E-state index in [-0.39, 0.29) is 10.4 Å². The van der Waals surface area contributed by atoms with Gasteiger partial charge in [0.2, 0.25) is 0 Å². The Kier molecular flexibility index (Phi) is 4.55. The second kappa shape index (κ2) is 6.04. The van der Waals surface area contributed by atoms with Gasteiger partial charge in [-0.3, -0.25) is 0 Å². The smallest absolute Gasteiger partial charge is 0.137 e. The van der Waals surface area contributed by atoms with Gasteiger partial charge in [0.15, 0.2) is 0 Å². The van der Waals surface area contributed by atoms with E-state index in [0.717, 1.165) is 5.75 Å². The first-order chi connectivity index (χ1) is 9.77. The van der Waals surface area contributed by atoms with Gasteiger partial charge in [-0.05, 0) is 41.3 Å². The number of rotatable bonds is 3. The van der Waals surface area contributed by atoms with Crippen molar-refractivity contribution >= 4 is 28.8 Å². The Morgan fingerprint density at radius 3 is 2.48 bits per heavy atom. The molecule has 0 spiro atoms. The fourth-order valence-electron chi connectivity index (χ4n) is 1.94. The van der Waals surface area contributed by atoms with Gasteiger partial charge in [0.1, 0.15) is 16.5 Å². The van der Waals surface area contributed by atoms with Gasteiger partial charge >= 0.3 is 0 Å². The van der Waals surface area contributed by atoms with Gasteiger partial charge in [0, 0.05) is 5.02 Å². The molecule has 0 aromatic heterocycles. The normalized spacial score (nSPS) is 11.2. The number of halogens is 1. The summed E-state index contributed by atoms with van der Waals surface area (Å²) in [7, 11) is 0. The van der Waals surface area contributed by atoms with E-state index in [2.05, 4.69) is 26.8 Å². The molecule has 0 saturated heterocycles. The highest BCUT2D eigenvalue weighted by atomic mass is 35.5. The lowest BCUT2D eigenvalue weighted by Gasteiger charge is -2.20. The fourth-order valence-corrected chi connectivity index (χ4v) is 2.27. The van der Waals surface area contributed by atoms with Crippen LogP contribution in [-0.4, -0.2) is 4.99 Å². The van der Waals surface area contributed by atoms with Crippen LogP contribution in [0.25, 0.3) is 0 Å². The zero-order valence-electron chi connectivity index (χ0n) is 12.3. The molecule has 0 aliphatic heterocycles. The maximum absolute atomic E-state index is 5.98. The lowest BCUT2D eigenvalue weighted by Crippen LogP contribution is -2.12. The van der Waals surface area contributed by atoms with E-state index in [4.69, 9.17) is 34.3 Å². The maximum atomic E-state index is 5.98. The first kappa shape index (κ1) is 15.8. The van der Waals surface area contributed by atoms with Gasteiger partial charge in [0.25, 0.3) is 0 Å². The van der Waals surface area contributed by atoms with Crippen molar-refractivity contribution < 1.29 is 4.74 Å². The van der Waals surface area contributed by atoms with Crippen LogP contribution in [0.2, 0.25) is 5.02 Å². The Morgan fingerprint density at radius 1 is 1.14 bits per heavy atom. The second-order valence-electron chi connectivity index (χ2n) is 5.88. The van der Waals surface area contributed by atoms with E-state index in [0.29, 0.717) is 16.3 Å². The first-order valence-electron chi connectivity index (χ1n) is 6.65. The monoisotopic (exact) mass is 319 g/mol. The highest BCUT2D eigenvalue weighted by molar-refractivity contribution is 7.80. The fraction of sp³-hybridized carbons (Fsp3) is 0.235. The third-order valence-electron chi connectivity index (χ3n) is 3.13. The van der Waals surface area contributed by atoms with E-state index in [1.165, 1.54) is 5.56 Å². The van der Waals surface area contributed by atoms with Crippen LogP contribution >= 0.6 is 23.8 Å². The molecule has 0 atom stereocenters. The Hall–Kier alpha value is -1.58. The largest absolute Gasteiger partial charge is 0.457 e. The summed E-state index contributed by atoms with van der Waals surface area (Å²) in [6.45, 7) is 6.48. The zero-order valence-corrected chi connectivity index (χ0v) is 13.9. The molecule has 2 rings (SSSR count). The maximum Gasteiger partial charge on any atom is 0.137 e. The lowest BCUT2D eigenvalue weighted by atomic mass is 9.87. The summed E-state index contributed by atoms with van der Waals surface area (Å²) in [5.41, 5.74) is 7.63. The molecule has 0 saturated carbocycles. The molecule has 0 radical (unpaired) electrons. The highest BCUT2D eigenvalue weighted by Crippen LogP contribution is 2.31. The van der Waals surface area contributed by atoms with Gasteiger partial charge in [0.05, 0.1) is 5.56 Å². The topological polar surface area (TPSA) is 35.2 Å². The van der Waals surface area contributed by atoms with Crippen molar-refractivity contribution in [2.24, 2.45) is 5.73 Å². The van der Waals surface area contributed by atoms with Gasteiger partial charge in [-0.1, -0.05) is 56.7 Å². The Labute approximate surface area is 135 Å². The van der Waals surface area contributed by atoms with Crippen LogP contribution in [-0.2, 0) is 5.41 Å². The van der Waals surface area contributed by atoms with E-state index < -0.39 is 0 Å². The summed E-state index contributed by atoms with van der Waals surface area (Å²) in [5.74, 6) is 1.36. The van der Waals surface area contributed by atoms with Crippen LogP contribution in [0.15, 0.2) is 42.5 Å². The van der Waals surface area contributed by atoms with E-state index in [9.17, 15) is 0 Å². The number of benzene rings is 2. The molecular weight excluding hydrogens is 302 g/mol. The van der Waals surface area contributed by atoms with Crippen molar-refractivity contribution in [3.05, 3.63) is 58.6 Å². The third-order valence-corrected chi connectivity index (χ3v) is 3.59. The minimum Gasteiger partial charge on any atom is -0.457 e. The highest BCUT2D eigenvalue weighted by Gasteiger charge is 2.15. The molecule has 2 nitrogen and oxygen atoms in total. The van der Waals surface area contributed by atoms with Gasteiger partial charge in [-0.25, -0.2) is 0 Å². The van der Waals surface area contributed by atoms with Crippen LogP contribution in [0, 0.1) is 0 Å². The van der Waals surface area contributed by atoms with E-state index in [1.54, 1.807) is 18.2 Å². The molecule has 0 heterocycles. The third kappa shape index (κ3) is 3.96. The molecule has 0 unspecified atom stereocenters. The molecule has 0 amide bonds.